The largest absolute Gasteiger partial charge is 0.399 e. The molecule has 0 aliphatic rings. The van der Waals surface area contributed by atoms with E-state index in [0.29, 0.717) is 0 Å². The molecule has 5 N–H and O–H groups in total. The Balaban J connectivity index is 3.19. The topological polar surface area (TPSA) is 115 Å². The van der Waals surface area contributed by atoms with Gasteiger partial charge < -0.3 is 11.5 Å². The van der Waals surface area contributed by atoms with Gasteiger partial charge in [-0.05, 0) is 32.0 Å². The normalized spacial score (nSPS) is 12.4. The number of halogens is 1. The lowest BCUT2D eigenvalue weighted by Crippen LogP contribution is -2.52. The van der Waals surface area contributed by atoms with E-state index >= 15 is 0 Å². The number of nitrogens with one attached hydrogen (secondary N) is 1. The third-order valence-electron chi connectivity index (χ3n) is 2.25. The van der Waals surface area contributed by atoms with Crippen molar-refractivity contribution in [1.29, 1.82) is 0 Å². The molecule has 0 bridgehead atoms. The number of nitrogen functional groups attached to an aromatic ring is 1. The third-order valence-corrected chi connectivity index (χ3v) is 3.94. The first-order chi connectivity index (χ1) is 8.06. The molecule has 0 saturated carbocycles. The lowest BCUT2D eigenvalue weighted by atomic mass is 10.1. The molecular formula is C10H14FN3O3S. The molecule has 1 amide bonds. The highest BCUT2D eigenvalue weighted by Crippen LogP contribution is 2.18. The van der Waals surface area contributed by atoms with Crippen LogP contribution in [-0.2, 0) is 14.8 Å². The van der Waals surface area contributed by atoms with E-state index < -0.39 is 32.2 Å². The van der Waals surface area contributed by atoms with E-state index in [1.807, 2.05) is 4.72 Å². The molecule has 0 aliphatic carbocycles. The first-order valence-corrected chi connectivity index (χ1v) is 6.43. The predicted molar refractivity (Wildman–Crippen MR) is 64.4 cm³/mol. The molecule has 0 atom stereocenters. The van der Waals surface area contributed by atoms with E-state index in [-0.39, 0.29) is 5.69 Å². The summed E-state index contributed by atoms with van der Waals surface area (Å²) in [5.74, 6) is -1.87. The van der Waals surface area contributed by atoms with Crippen LogP contribution in [0.15, 0.2) is 23.1 Å². The van der Waals surface area contributed by atoms with Gasteiger partial charge in [-0.2, -0.15) is 4.72 Å². The van der Waals surface area contributed by atoms with Crippen LogP contribution >= 0.6 is 0 Å². The maximum Gasteiger partial charge on any atom is 0.244 e. The molecule has 0 heterocycles. The van der Waals surface area contributed by atoms with Crippen LogP contribution in [0.25, 0.3) is 0 Å². The van der Waals surface area contributed by atoms with Crippen LogP contribution in [0.1, 0.15) is 13.8 Å². The molecule has 1 rings (SSSR count). The quantitative estimate of drug-likeness (QED) is 0.668. The molecule has 1 aromatic rings. The second-order valence-corrected chi connectivity index (χ2v) is 5.94. The standard InChI is InChI=1S/C10H14FN3O3S/c1-10(2,9(13)15)14-18(16,17)8-4-3-6(12)5-7(8)11/h3-5,14H,12H2,1-2H3,(H2,13,15). The van der Waals surface area contributed by atoms with Crippen molar-refractivity contribution in [2.24, 2.45) is 5.73 Å². The smallest absolute Gasteiger partial charge is 0.244 e. The van der Waals surface area contributed by atoms with Gasteiger partial charge in [-0.25, -0.2) is 12.8 Å². The summed E-state index contributed by atoms with van der Waals surface area (Å²) in [6, 6.07) is 3.14. The highest BCUT2D eigenvalue weighted by atomic mass is 32.2. The number of hydrogen-bond donors (Lipinski definition) is 3. The predicted octanol–water partition coefficient (Wildman–Crippen LogP) is -0.0499. The van der Waals surface area contributed by atoms with Crippen LogP contribution in [0, 0.1) is 5.82 Å². The molecule has 0 aliphatic heterocycles. The third kappa shape index (κ3) is 2.96. The van der Waals surface area contributed by atoms with Gasteiger partial charge in [0.25, 0.3) is 0 Å². The summed E-state index contributed by atoms with van der Waals surface area (Å²) in [4.78, 5) is 10.5. The van der Waals surface area contributed by atoms with Crippen LogP contribution in [0.3, 0.4) is 0 Å². The monoisotopic (exact) mass is 275 g/mol. The number of sulfonamides is 1. The Bertz CT molecular complexity index is 584. The highest BCUT2D eigenvalue weighted by Gasteiger charge is 2.32. The van der Waals surface area contributed by atoms with E-state index in [1.54, 1.807) is 0 Å². The van der Waals surface area contributed by atoms with Crippen molar-refractivity contribution in [3.63, 3.8) is 0 Å². The lowest BCUT2D eigenvalue weighted by molar-refractivity contribution is -0.122. The molecule has 18 heavy (non-hydrogen) atoms. The van der Waals surface area contributed by atoms with Gasteiger partial charge in [0, 0.05) is 5.69 Å². The number of primary amides is 1. The Morgan fingerprint density at radius 3 is 2.39 bits per heavy atom. The molecule has 0 radical (unpaired) electrons. The van der Waals surface area contributed by atoms with E-state index in [9.17, 15) is 17.6 Å². The van der Waals surface area contributed by atoms with E-state index in [2.05, 4.69) is 0 Å². The first kappa shape index (κ1) is 14.4. The van der Waals surface area contributed by atoms with Crippen molar-refractivity contribution in [1.82, 2.24) is 4.72 Å². The van der Waals surface area contributed by atoms with Gasteiger partial charge >= 0.3 is 0 Å². The average Bonchev–Trinajstić information content (AvgIpc) is 2.14. The van der Waals surface area contributed by atoms with E-state index in [0.717, 1.165) is 12.1 Å². The lowest BCUT2D eigenvalue weighted by Gasteiger charge is -2.22. The summed E-state index contributed by atoms with van der Waals surface area (Å²) in [5.41, 5.74) is 8.93. The summed E-state index contributed by atoms with van der Waals surface area (Å²) in [7, 11) is -4.19. The van der Waals surface area contributed by atoms with Crippen molar-refractivity contribution in [2.75, 3.05) is 5.73 Å². The van der Waals surface area contributed by atoms with E-state index in [4.69, 9.17) is 11.5 Å². The SMILES string of the molecule is CC(C)(NS(=O)(=O)c1ccc(N)cc1F)C(N)=O. The summed E-state index contributed by atoms with van der Waals surface area (Å²) in [6.07, 6.45) is 0. The van der Waals surface area contributed by atoms with Crippen molar-refractivity contribution >= 4 is 21.6 Å². The maximum atomic E-state index is 13.5. The minimum Gasteiger partial charge on any atom is -0.399 e. The van der Waals surface area contributed by atoms with Gasteiger partial charge in [-0.15, -0.1) is 0 Å². The van der Waals surface area contributed by atoms with Crippen molar-refractivity contribution in [3.05, 3.63) is 24.0 Å². The van der Waals surface area contributed by atoms with Crippen LogP contribution in [0.4, 0.5) is 10.1 Å². The summed E-state index contributed by atoms with van der Waals surface area (Å²) in [6.45, 7) is 2.56. The molecule has 0 fully saturated rings. The zero-order valence-corrected chi connectivity index (χ0v) is 10.7. The molecule has 0 spiro atoms. The second-order valence-electron chi connectivity index (χ2n) is 4.28. The Hall–Kier alpha value is -1.67. The molecule has 0 aromatic heterocycles. The van der Waals surface area contributed by atoms with Crippen molar-refractivity contribution in [2.45, 2.75) is 24.3 Å². The number of hydrogen-bond acceptors (Lipinski definition) is 4. The number of rotatable bonds is 4. The molecule has 0 unspecified atom stereocenters. The average molecular weight is 275 g/mol. The van der Waals surface area contributed by atoms with Gasteiger partial charge in [0.15, 0.2) is 0 Å². The zero-order valence-electron chi connectivity index (χ0n) is 9.90. The maximum absolute atomic E-state index is 13.5. The Morgan fingerprint density at radius 2 is 1.94 bits per heavy atom. The molecule has 6 nitrogen and oxygen atoms in total. The Morgan fingerprint density at radius 1 is 1.39 bits per heavy atom. The molecule has 8 heteroatoms. The fourth-order valence-electron chi connectivity index (χ4n) is 1.18. The Kier molecular flexibility index (Phi) is 3.63. The first-order valence-electron chi connectivity index (χ1n) is 4.95. The summed E-state index contributed by atoms with van der Waals surface area (Å²) >= 11 is 0. The van der Waals surface area contributed by atoms with Crippen LogP contribution in [0.2, 0.25) is 0 Å². The van der Waals surface area contributed by atoms with Gasteiger partial charge in [0.05, 0.1) is 0 Å². The molecular weight excluding hydrogens is 261 g/mol. The highest BCUT2D eigenvalue weighted by molar-refractivity contribution is 7.89. The number of amides is 1. The molecule has 0 saturated heterocycles. The van der Waals surface area contributed by atoms with Crippen LogP contribution < -0.4 is 16.2 Å². The zero-order chi connectivity index (χ0) is 14.1. The van der Waals surface area contributed by atoms with Gasteiger partial charge in [-0.3, -0.25) is 4.79 Å². The minimum absolute atomic E-state index is 0.0978. The fourth-order valence-corrected chi connectivity index (χ4v) is 2.62. The fraction of sp³-hybridized carbons (Fsp3) is 0.300. The van der Waals surface area contributed by atoms with Gasteiger partial charge in [-0.1, -0.05) is 0 Å². The van der Waals surface area contributed by atoms with Crippen molar-refractivity contribution in [3.8, 4) is 0 Å². The van der Waals surface area contributed by atoms with Crippen LogP contribution in [-0.4, -0.2) is 19.9 Å². The van der Waals surface area contributed by atoms with Gasteiger partial charge in [0.1, 0.15) is 16.3 Å². The van der Waals surface area contributed by atoms with Crippen molar-refractivity contribution < 1.29 is 17.6 Å². The van der Waals surface area contributed by atoms with Crippen LogP contribution in [0.5, 0.6) is 0 Å². The summed E-state index contributed by atoms with van der Waals surface area (Å²) < 4.78 is 39.3. The van der Waals surface area contributed by atoms with Gasteiger partial charge in [0.2, 0.25) is 15.9 Å². The number of benzene rings is 1. The number of carbonyl (C=O) groups excluding carboxylic acids is 1. The minimum atomic E-state index is -4.19. The Labute approximate surface area is 104 Å². The second kappa shape index (κ2) is 4.54. The van der Waals surface area contributed by atoms with E-state index in [1.165, 1.54) is 19.9 Å². The number of nitrogens with two attached hydrogens (primary N) is 2. The molecule has 100 valence electrons. The number of carbonyl (C=O) groups is 1. The number of anilines is 1. The molecule has 1 aromatic carbocycles. The summed E-state index contributed by atoms with van der Waals surface area (Å²) in [5, 5.41) is 0.